The van der Waals surface area contributed by atoms with Crippen molar-refractivity contribution in [2.24, 2.45) is 10.9 Å². The molecule has 2 aromatic carbocycles. The first-order valence-electron chi connectivity index (χ1n) is 6.57. The van der Waals surface area contributed by atoms with Crippen LogP contribution in [0.1, 0.15) is 11.1 Å². The molecule has 0 radical (unpaired) electrons. The van der Waals surface area contributed by atoms with E-state index in [1.54, 1.807) is 0 Å². The highest BCUT2D eigenvalue weighted by molar-refractivity contribution is 5.97. The Labute approximate surface area is 123 Å². The molecular weight excluding hydrogens is 266 g/mol. The van der Waals surface area contributed by atoms with E-state index < -0.39 is 0 Å². The SMILES string of the molecule is N/C(=N/OCC(=O)NCc1ccccc1)c1ccccc1. The van der Waals surface area contributed by atoms with Crippen LogP contribution < -0.4 is 11.1 Å². The number of oxime groups is 1. The number of carbonyl (C=O) groups is 1. The van der Waals surface area contributed by atoms with Crippen LogP contribution in [0.2, 0.25) is 0 Å². The van der Waals surface area contributed by atoms with Crippen molar-refractivity contribution in [3.63, 3.8) is 0 Å². The standard InChI is InChI=1S/C16H17N3O2/c17-16(14-9-5-2-6-10-14)19-21-12-15(20)18-11-13-7-3-1-4-8-13/h1-10H,11-12H2,(H2,17,19)(H,18,20). The van der Waals surface area contributed by atoms with E-state index in [1.165, 1.54) is 0 Å². The highest BCUT2D eigenvalue weighted by atomic mass is 16.6. The highest BCUT2D eigenvalue weighted by Crippen LogP contribution is 1.98. The minimum atomic E-state index is -0.247. The zero-order chi connectivity index (χ0) is 14.9. The topological polar surface area (TPSA) is 76.7 Å². The average molecular weight is 283 g/mol. The molecule has 3 N–H and O–H groups in total. The summed E-state index contributed by atoms with van der Waals surface area (Å²) in [5.74, 6) is -0.00470. The lowest BCUT2D eigenvalue weighted by atomic mass is 10.2. The Morgan fingerprint density at radius 3 is 2.33 bits per heavy atom. The first-order chi connectivity index (χ1) is 10.3. The van der Waals surface area contributed by atoms with Crippen LogP contribution >= 0.6 is 0 Å². The highest BCUT2D eigenvalue weighted by Gasteiger charge is 2.02. The summed E-state index contributed by atoms with van der Waals surface area (Å²) in [5, 5.41) is 6.46. The molecule has 0 aliphatic heterocycles. The molecule has 5 nitrogen and oxygen atoms in total. The molecule has 2 rings (SSSR count). The van der Waals surface area contributed by atoms with Crippen LogP contribution in [0.25, 0.3) is 0 Å². The molecule has 108 valence electrons. The number of hydrogen-bond acceptors (Lipinski definition) is 3. The van der Waals surface area contributed by atoms with E-state index in [4.69, 9.17) is 10.6 Å². The van der Waals surface area contributed by atoms with Crippen molar-refractivity contribution in [3.05, 3.63) is 71.8 Å². The van der Waals surface area contributed by atoms with Crippen LogP contribution in [-0.4, -0.2) is 18.3 Å². The third-order valence-electron chi connectivity index (χ3n) is 2.76. The third kappa shape index (κ3) is 4.99. The molecule has 0 saturated carbocycles. The summed E-state index contributed by atoms with van der Waals surface area (Å²) in [6, 6.07) is 18.9. The van der Waals surface area contributed by atoms with Crippen molar-refractivity contribution < 1.29 is 9.63 Å². The number of amides is 1. The van der Waals surface area contributed by atoms with E-state index in [-0.39, 0.29) is 18.3 Å². The Morgan fingerprint density at radius 2 is 1.67 bits per heavy atom. The molecule has 21 heavy (non-hydrogen) atoms. The van der Waals surface area contributed by atoms with Gasteiger partial charge in [-0.1, -0.05) is 65.8 Å². The van der Waals surface area contributed by atoms with E-state index in [2.05, 4.69) is 10.5 Å². The van der Waals surface area contributed by atoms with Gasteiger partial charge in [0, 0.05) is 12.1 Å². The molecule has 0 unspecified atom stereocenters. The van der Waals surface area contributed by atoms with Crippen molar-refractivity contribution in [3.8, 4) is 0 Å². The van der Waals surface area contributed by atoms with Gasteiger partial charge in [-0.3, -0.25) is 4.79 Å². The van der Waals surface area contributed by atoms with E-state index in [0.717, 1.165) is 11.1 Å². The lowest BCUT2D eigenvalue weighted by Crippen LogP contribution is -2.27. The summed E-state index contributed by atoms with van der Waals surface area (Å²) in [4.78, 5) is 16.5. The van der Waals surface area contributed by atoms with E-state index in [9.17, 15) is 4.79 Å². The molecule has 0 atom stereocenters. The first kappa shape index (κ1) is 14.6. The molecule has 2 aromatic rings. The van der Waals surface area contributed by atoms with Gasteiger partial charge in [-0.2, -0.15) is 0 Å². The maximum Gasteiger partial charge on any atom is 0.261 e. The van der Waals surface area contributed by atoms with Gasteiger partial charge >= 0.3 is 0 Å². The number of nitrogens with zero attached hydrogens (tertiary/aromatic N) is 1. The summed E-state index contributed by atoms with van der Waals surface area (Å²) < 4.78 is 0. The Hall–Kier alpha value is -2.82. The Morgan fingerprint density at radius 1 is 1.05 bits per heavy atom. The van der Waals surface area contributed by atoms with E-state index >= 15 is 0 Å². The van der Waals surface area contributed by atoms with Crippen molar-refractivity contribution in [2.75, 3.05) is 6.61 Å². The van der Waals surface area contributed by atoms with Gasteiger partial charge in [-0.25, -0.2) is 0 Å². The van der Waals surface area contributed by atoms with Crippen molar-refractivity contribution in [2.45, 2.75) is 6.54 Å². The number of rotatable bonds is 6. The monoisotopic (exact) mass is 283 g/mol. The number of benzene rings is 2. The molecule has 0 fully saturated rings. The van der Waals surface area contributed by atoms with Gasteiger partial charge in [0.1, 0.15) is 0 Å². The fraction of sp³-hybridized carbons (Fsp3) is 0.125. The molecule has 0 bridgehead atoms. The van der Waals surface area contributed by atoms with Gasteiger partial charge in [-0.05, 0) is 5.56 Å². The largest absolute Gasteiger partial charge is 0.384 e. The number of nitrogens with two attached hydrogens (primary N) is 1. The van der Waals surface area contributed by atoms with Gasteiger partial charge < -0.3 is 15.9 Å². The molecule has 1 amide bonds. The maximum absolute atomic E-state index is 11.6. The smallest absolute Gasteiger partial charge is 0.261 e. The Kier molecular flexibility index (Phi) is 5.34. The van der Waals surface area contributed by atoms with E-state index in [1.807, 2.05) is 60.7 Å². The van der Waals surface area contributed by atoms with Crippen molar-refractivity contribution in [1.82, 2.24) is 5.32 Å². The molecule has 0 saturated heterocycles. The zero-order valence-electron chi connectivity index (χ0n) is 11.5. The van der Waals surface area contributed by atoms with Crippen LogP contribution in [0.15, 0.2) is 65.8 Å². The zero-order valence-corrected chi connectivity index (χ0v) is 11.5. The first-order valence-corrected chi connectivity index (χ1v) is 6.57. The lowest BCUT2D eigenvalue weighted by molar-refractivity contribution is -0.125. The number of amidine groups is 1. The molecule has 0 aromatic heterocycles. The molecule has 0 spiro atoms. The fourth-order valence-electron chi connectivity index (χ4n) is 1.67. The lowest BCUT2D eigenvalue weighted by Gasteiger charge is -2.05. The predicted octanol–water partition coefficient (Wildman–Crippen LogP) is 1.64. The number of hydrogen-bond donors (Lipinski definition) is 2. The Bertz CT molecular complexity index is 597. The number of carbonyl (C=O) groups excluding carboxylic acids is 1. The van der Waals surface area contributed by atoms with Gasteiger partial charge in [0.2, 0.25) is 0 Å². The Balaban J connectivity index is 1.74. The predicted molar refractivity (Wildman–Crippen MR) is 81.4 cm³/mol. The maximum atomic E-state index is 11.6. The van der Waals surface area contributed by atoms with Gasteiger partial charge in [0.25, 0.3) is 5.91 Å². The summed E-state index contributed by atoms with van der Waals surface area (Å²) in [5.41, 5.74) is 7.52. The molecule has 0 heterocycles. The summed E-state index contributed by atoms with van der Waals surface area (Å²) in [6.07, 6.45) is 0. The minimum Gasteiger partial charge on any atom is -0.384 e. The second-order valence-electron chi connectivity index (χ2n) is 4.38. The summed E-state index contributed by atoms with van der Waals surface area (Å²) in [7, 11) is 0. The molecule has 0 aliphatic carbocycles. The van der Waals surface area contributed by atoms with Crippen LogP contribution in [0.5, 0.6) is 0 Å². The van der Waals surface area contributed by atoms with Crippen LogP contribution in [0, 0.1) is 0 Å². The van der Waals surface area contributed by atoms with Crippen LogP contribution in [0.3, 0.4) is 0 Å². The molecular formula is C16H17N3O2. The molecule has 5 heteroatoms. The minimum absolute atomic E-state index is 0.166. The fourth-order valence-corrected chi connectivity index (χ4v) is 1.67. The van der Waals surface area contributed by atoms with Crippen molar-refractivity contribution >= 4 is 11.7 Å². The normalized spacial score (nSPS) is 11.0. The summed E-state index contributed by atoms with van der Waals surface area (Å²) >= 11 is 0. The average Bonchev–Trinajstić information content (AvgIpc) is 2.54. The van der Waals surface area contributed by atoms with Crippen LogP contribution in [0.4, 0.5) is 0 Å². The quantitative estimate of drug-likeness (QED) is 0.480. The van der Waals surface area contributed by atoms with Crippen molar-refractivity contribution in [1.29, 1.82) is 0 Å². The number of nitrogens with one attached hydrogen (secondary N) is 1. The summed E-state index contributed by atoms with van der Waals surface area (Å²) in [6.45, 7) is 0.293. The third-order valence-corrected chi connectivity index (χ3v) is 2.76. The van der Waals surface area contributed by atoms with Gasteiger partial charge in [0.15, 0.2) is 12.4 Å². The van der Waals surface area contributed by atoms with Gasteiger partial charge in [0.05, 0.1) is 0 Å². The van der Waals surface area contributed by atoms with Crippen LogP contribution in [-0.2, 0) is 16.2 Å². The second-order valence-corrected chi connectivity index (χ2v) is 4.38. The van der Waals surface area contributed by atoms with E-state index in [0.29, 0.717) is 6.54 Å². The molecule has 0 aliphatic rings. The second kappa shape index (κ2) is 7.69. The van der Waals surface area contributed by atoms with Gasteiger partial charge in [-0.15, -0.1) is 0 Å².